The first kappa shape index (κ1) is 37.0. The first-order valence-electron chi connectivity index (χ1n) is 20.0. The Kier molecular flexibility index (Phi) is 10.0. The van der Waals surface area contributed by atoms with Gasteiger partial charge >= 0.3 is 6.09 Å². The molecule has 1 aliphatic carbocycles. The fourth-order valence-electron chi connectivity index (χ4n) is 9.25. The second-order valence-electron chi connectivity index (χ2n) is 16.4. The topological polar surface area (TPSA) is 146 Å². The molecule has 0 bridgehead atoms. The third-order valence-electron chi connectivity index (χ3n) is 12.1. The molecule has 0 radical (unpaired) electrons. The second-order valence-corrected chi connectivity index (χ2v) is 16.4. The highest BCUT2D eigenvalue weighted by Crippen LogP contribution is 2.54. The number of carbonyl (C=O) groups is 3. The summed E-state index contributed by atoms with van der Waals surface area (Å²) in [6, 6.07) is 12.1. The van der Waals surface area contributed by atoms with Crippen molar-refractivity contribution in [2.45, 2.75) is 103 Å². The summed E-state index contributed by atoms with van der Waals surface area (Å²) in [6.07, 6.45) is 10.2. The van der Waals surface area contributed by atoms with Gasteiger partial charge in [-0.25, -0.2) is 14.8 Å². The number of nitrogens with one attached hydrogen (secondary N) is 3. The maximum Gasteiger partial charge on any atom is 0.407 e. The van der Waals surface area contributed by atoms with Crippen LogP contribution in [-0.2, 0) is 31.1 Å². The fourth-order valence-corrected chi connectivity index (χ4v) is 9.25. The monoisotopic (exact) mass is 747 g/mol. The van der Waals surface area contributed by atoms with Crippen molar-refractivity contribution in [3.63, 3.8) is 0 Å². The standard InChI is InChI=1S/C43H53N7O5/c1-25(2)22-36(51)49-19-6-8-34(49)39-45-24-33(47-39)30-15-14-29(37-31(30)16-17-43(37)18-21-55-43)27-10-12-28(13-11-27)32-23-44-40(46-32)35-9-7-20-50(35)41(52)38(26(3)4)48-42(53)54-5/h10-15,23-26,34-35,38H,6-9,16-22H2,1-5H3,(H,44,46)(H,45,47)(H,48,53)/t34-,35-,38?,43?/m0/s1. The van der Waals surface area contributed by atoms with Crippen molar-refractivity contribution in [1.82, 2.24) is 35.1 Å². The van der Waals surface area contributed by atoms with E-state index in [1.807, 2.05) is 36.0 Å². The predicted molar refractivity (Wildman–Crippen MR) is 209 cm³/mol. The third-order valence-corrected chi connectivity index (χ3v) is 12.1. The van der Waals surface area contributed by atoms with Crippen LogP contribution in [0.5, 0.6) is 0 Å². The van der Waals surface area contributed by atoms with Crippen molar-refractivity contribution in [2.24, 2.45) is 11.8 Å². The van der Waals surface area contributed by atoms with Crippen molar-refractivity contribution in [2.75, 3.05) is 26.8 Å². The molecule has 5 heterocycles. The number of H-pyrrole nitrogens is 2. The van der Waals surface area contributed by atoms with Crippen LogP contribution in [0.4, 0.5) is 4.79 Å². The number of benzene rings is 2. The zero-order valence-corrected chi connectivity index (χ0v) is 32.6. The number of aromatic nitrogens is 4. The molecule has 3 saturated heterocycles. The van der Waals surface area contributed by atoms with E-state index in [1.54, 1.807) is 0 Å². The number of aromatic amines is 2. The highest BCUT2D eigenvalue weighted by Gasteiger charge is 2.48. The Morgan fingerprint density at radius 2 is 1.49 bits per heavy atom. The van der Waals surface area contributed by atoms with E-state index in [2.05, 4.69) is 65.5 Å². The molecule has 2 unspecified atom stereocenters. The van der Waals surface area contributed by atoms with E-state index in [-0.39, 0.29) is 35.4 Å². The second kappa shape index (κ2) is 14.9. The fraction of sp³-hybridized carbons (Fsp3) is 0.512. The summed E-state index contributed by atoms with van der Waals surface area (Å²) in [4.78, 5) is 59.3. The van der Waals surface area contributed by atoms with Gasteiger partial charge in [0, 0.05) is 31.5 Å². The Hall–Kier alpha value is -4.97. The van der Waals surface area contributed by atoms with Crippen molar-refractivity contribution in [3.05, 3.63) is 71.6 Å². The SMILES string of the molecule is COC(=O)NC(C(=O)N1CCC[C@H]1c1ncc(-c2ccc(-c3ccc(-c4cnc([C@@H]5CCCN5C(=O)CC(C)C)[nH]4)c4c3C3(CCO3)CC4)cc2)[nH]1)C(C)C. The lowest BCUT2D eigenvalue weighted by Crippen LogP contribution is -2.51. The van der Waals surface area contributed by atoms with Gasteiger partial charge in [-0.2, -0.15) is 0 Å². The van der Waals surface area contributed by atoms with E-state index in [1.165, 1.54) is 23.8 Å². The van der Waals surface area contributed by atoms with Gasteiger partial charge in [-0.3, -0.25) is 9.59 Å². The molecule has 0 saturated carbocycles. The lowest BCUT2D eigenvalue weighted by atomic mass is 9.82. The van der Waals surface area contributed by atoms with E-state index in [0.717, 1.165) is 97.8 Å². The molecule has 55 heavy (non-hydrogen) atoms. The number of likely N-dealkylation sites (tertiary alicyclic amines) is 2. The maximum atomic E-state index is 13.6. The largest absolute Gasteiger partial charge is 0.453 e. The molecule has 1 spiro atoms. The number of hydrogen-bond donors (Lipinski definition) is 3. The first-order chi connectivity index (χ1) is 26.6. The number of rotatable bonds is 10. The summed E-state index contributed by atoms with van der Waals surface area (Å²) >= 11 is 0. The van der Waals surface area contributed by atoms with Crippen LogP contribution in [0.2, 0.25) is 0 Å². The minimum atomic E-state index is -0.679. The molecule has 3 N–H and O–H groups in total. The molecule has 2 aromatic carbocycles. The van der Waals surface area contributed by atoms with Gasteiger partial charge in [0.25, 0.3) is 0 Å². The Bertz CT molecular complexity index is 2060. The molecule has 4 aromatic rings. The predicted octanol–water partition coefficient (Wildman–Crippen LogP) is 7.45. The minimum Gasteiger partial charge on any atom is -0.453 e. The van der Waals surface area contributed by atoms with E-state index in [9.17, 15) is 14.4 Å². The van der Waals surface area contributed by atoms with Gasteiger partial charge in [0.15, 0.2) is 0 Å². The molecular weight excluding hydrogens is 695 g/mol. The summed E-state index contributed by atoms with van der Waals surface area (Å²) in [5.74, 6) is 1.93. The Morgan fingerprint density at radius 3 is 2.13 bits per heavy atom. The lowest BCUT2D eigenvalue weighted by molar-refractivity contribution is -0.151. The van der Waals surface area contributed by atoms with Crippen LogP contribution in [0.15, 0.2) is 48.8 Å². The van der Waals surface area contributed by atoms with Crippen molar-refractivity contribution >= 4 is 17.9 Å². The number of fused-ring (bicyclic) bond motifs is 2. The zero-order chi connectivity index (χ0) is 38.4. The number of hydrogen-bond acceptors (Lipinski definition) is 7. The summed E-state index contributed by atoms with van der Waals surface area (Å²) < 4.78 is 11.2. The number of carbonyl (C=O) groups excluding carboxylic acids is 3. The third kappa shape index (κ3) is 6.83. The van der Waals surface area contributed by atoms with Crippen molar-refractivity contribution in [1.29, 1.82) is 0 Å². The molecule has 3 aliphatic heterocycles. The molecule has 4 aliphatic rings. The number of imidazole rings is 2. The smallest absolute Gasteiger partial charge is 0.407 e. The summed E-state index contributed by atoms with van der Waals surface area (Å²) in [6.45, 7) is 10.2. The Labute approximate surface area is 322 Å². The summed E-state index contributed by atoms with van der Waals surface area (Å²) in [5.41, 5.74) is 8.68. The maximum absolute atomic E-state index is 13.6. The highest BCUT2D eigenvalue weighted by atomic mass is 16.5. The average Bonchev–Trinajstić information content (AvgIpc) is 4.01. The molecule has 290 valence electrons. The van der Waals surface area contributed by atoms with Crippen LogP contribution >= 0.6 is 0 Å². The summed E-state index contributed by atoms with van der Waals surface area (Å²) in [5, 5.41) is 2.72. The van der Waals surface area contributed by atoms with Crippen molar-refractivity contribution < 1.29 is 23.9 Å². The summed E-state index contributed by atoms with van der Waals surface area (Å²) in [7, 11) is 1.30. The van der Waals surface area contributed by atoms with E-state index >= 15 is 0 Å². The molecular formula is C43H53N7O5. The van der Waals surface area contributed by atoms with Gasteiger partial charge in [0.2, 0.25) is 11.8 Å². The Morgan fingerprint density at radius 1 is 0.873 bits per heavy atom. The molecule has 12 heteroatoms. The first-order valence-corrected chi connectivity index (χ1v) is 20.0. The normalized spacial score (nSPS) is 22.4. The van der Waals surface area contributed by atoms with Crippen molar-refractivity contribution in [3.8, 4) is 33.6 Å². The lowest BCUT2D eigenvalue weighted by Gasteiger charge is -2.40. The van der Waals surface area contributed by atoms with E-state index < -0.39 is 12.1 Å². The molecule has 2 aromatic heterocycles. The van der Waals surface area contributed by atoms with E-state index in [0.29, 0.717) is 18.9 Å². The number of alkyl carbamates (subject to hydrolysis) is 1. The number of nitrogens with zero attached hydrogens (tertiary/aromatic N) is 4. The Balaban J connectivity index is 1.03. The number of ether oxygens (including phenoxy) is 2. The zero-order valence-electron chi connectivity index (χ0n) is 32.6. The van der Waals surface area contributed by atoms with Gasteiger partial charge in [0.1, 0.15) is 17.7 Å². The van der Waals surface area contributed by atoms with Crippen LogP contribution in [0.3, 0.4) is 0 Å². The van der Waals surface area contributed by atoms with Crippen LogP contribution in [0.25, 0.3) is 33.6 Å². The average molecular weight is 748 g/mol. The molecule has 4 atom stereocenters. The van der Waals surface area contributed by atoms with Crippen LogP contribution < -0.4 is 5.32 Å². The van der Waals surface area contributed by atoms with Gasteiger partial charge in [-0.05, 0) is 78.2 Å². The molecule has 8 rings (SSSR count). The molecule has 3 amide bonds. The highest BCUT2D eigenvalue weighted by molar-refractivity contribution is 5.86. The molecule has 12 nitrogen and oxygen atoms in total. The molecule has 3 fully saturated rings. The van der Waals surface area contributed by atoms with Gasteiger partial charge < -0.3 is 34.6 Å². The van der Waals surface area contributed by atoms with Gasteiger partial charge in [-0.1, -0.05) is 64.1 Å². The quantitative estimate of drug-likeness (QED) is 0.153. The van der Waals surface area contributed by atoms with Gasteiger partial charge in [-0.15, -0.1) is 0 Å². The van der Waals surface area contributed by atoms with E-state index in [4.69, 9.17) is 19.4 Å². The number of methoxy groups -OCH3 is 1. The number of amides is 3. The van der Waals surface area contributed by atoms with Crippen LogP contribution in [0.1, 0.15) is 108 Å². The minimum absolute atomic E-state index is 0.00902. The van der Waals surface area contributed by atoms with Crippen LogP contribution in [-0.4, -0.2) is 80.5 Å². The van der Waals surface area contributed by atoms with Gasteiger partial charge in [0.05, 0.1) is 55.2 Å². The van der Waals surface area contributed by atoms with Crippen LogP contribution in [0, 0.1) is 11.8 Å².